The molecule has 0 saturated heterocycles. The van der Waals surface area contributed by atoms with E-state index in [1.807, 2.05) is 20.8 Å². The highest BCUT2D eigenvalue weighted by atomic mass is 19.4. The highest BCUT2D eigenvalue weighted by Gasteiger charge is 2.30. The van der Waals surface area contributed by atoms with Crippen molar-refractivity contribution in [2.45, 2.75) is 38.9 Å². The topological polar surface area (TPSA) is 55.1 Å². The largest absolute Gasteiger partial charge is 0.416 e. The first-order valence-corrected chi connectivity index (χ1v) is 8.86. The van der Waals surface area contributed by atoms with E-state index in [-0.39, 0.29) is 18.7 Å². The zero-order valence-electron chi connectivity index (χ0n) is 15.8. The van der Waals surface area contributed by atoms with Gasteiger partial charge in [0, 0.05) is 12.0 Å². The van der Waals surface area contributed by atoms with Gasteiger partial charge in [-0.15, -0.1) is 0 Å². The Morgan fingerprint density at radius 2 is 1.71 bits per heavy atom. The second-order valence-corrected chi connectivity index (χ2v) is 7.67. The van der Waals surface area contributed by atoms with Crippen molar-refractivity contribution >= 4 is 11.0 Å². The predicted octanol–water partition coefficient (Wildman–Crippen LogP) is 4.37. The number of halogens is 3. The molecule has 0 aliphatic heterocycles. The summed E-state index contributed by atoms with van der Waals surface area (Å²) in [5.41, 5.74) is 0.794. The zero-order valence-corrected chi connectivity index (χ0v) is 15.8. The number of nitrogens with zero attached hydrogens (tertiary/aromatic N) is 2. The smallest absolute Gasteiger partial charge is 0.395 e. The molecule has 0 unspecified atom stereocenters. The summed E-state index contributed by atoms with van der Waals surface area (Å²) in [5.74, 6) is 0. The van der Waals surface area contributed by atoms with Crippen LogP contribution in [0.1, 0.15) is 32.0 Å². The van der Waals surface area contributed by atoms with Crippen LogP contribution in [0, 0.1) is 0 Å². The summed E-state index contributed by atoms with van der Waals surface area (Å²) in [4.78, 5) is 17.4. The summed E-state index contributed by atoms with van der Waals surface area (Å²) in [6, 6.07) is 10.0. The lowest BCUT2D eigenvalue weighted by molar-refractivity contribution is -0.137. The first-order chi connectivity index (χ1) is 13.0. The van der Waals surface area contributed by atoms with Crippen LogP contribution in [0.25, 0.3) is 22.2 Å². The Morgan fingerprint density at radius 3 is 2.32 bits per heavy atom. The Morgan fingerprint density at radius 1 is 1.04 bits per heavy atom. The molecule has 148 valence electrons. The first kappa shape index (κ1) is 20.1. The summed E-state index contributed by atoms with van der Waals surface area (Å²) in [5, 5.41) is 9.40. The van der Waals surface area contributed by atoms with Crippen molar-refractivity contribution < 1.29 is 18.3 Å². The molecule has 4 nitrogen and oxygen atoms in total. The normalized spacial score (nSPS) is 12.5. The molecule has 0 aliphatic rings. The molecule has 28 heavy (non-hydrogen) atoms. The van der Waals surface area contributed by atoms with Crippen LogP contribution in [-0.2, 0) is 18.1 Å². The van der Waals surface area contributed by atoms with Crippen LogP contribution in [0.15, 0.2) is 47.3 Å². The fourth-order valence-corrected chi connectivity index (χ4v) is 3.10. The highest BCUT2D eigenvalue weighted by molar-refractivity contribution is 5.82. The van der Waals surface area contributed by atoms with Gasteiger partial charge >= 0.3 is 6.18 Å². The molecule has 0 spiro atoms. The third-order valence-electron chi connectivity index (χ3n) is 4.50. The maximum absolute atomic E-state index is 13.0. The predicted molar refractivity (Wildman–Crippen MR) is 102 cm³/mol. The molecule has 2 aromatic carbocycles. The molecule has 0 fully saturated rings. The van der Waals surface area contributed by atoms with Crippen molar-refractivity contribution in [1.82, 2.24) is 9.55 Å². The molecule has 7 heteroatoms. The van der Waals surface area contributed by atoms with Gasteiger partial charge in [0.15, 0.2) is 0 Å². The van der Waals surface area contributed by atoms with Gasteiger partial charge in [0.25, 0.3) is 5.56 Å². The van der Waals surface area contributed by atoms with E-state index in [9.17, 15) is 23.1 Å². The lowest BCUT2D eigenvalue weighted by atomic mass is 9.92. The van der Waals surface area contributed by atoms with Crippen LogP contribution in [0.2, 0.25) is 0 Å². The van der Waals surface area contributed by atoms with Gasteiger partial charge < -0.3 is 9.67 Å². The minimum atomic E-state index is -4.44. The molecule has 3 aromatic rings. The van der Waals surface area contributed by atoms with Crippen LogP contribution in [-0.4, -0.2) is 21.3 Å². The van der Waals surface area contributed by atoms with Crippen molar-refractivity contribution in [3.63, 3.8) is 0 Å². The number of aliphatic hydroxyl groups excluding tert-OH is 1. The second-order valence-electron chi connectivity index (χ2n) is 7.67. The van der Waals surface area contributed by atoms with E-state index in [0.717, 1.165) is 12.1 Å². The van der Waals surface area contributed by atoms with Gasteiger partial charge in [-0.3, -0.25) is 4.79 Å². The lowest BCUT2D eigenvalue weighted by Gasteiger charge is -2.20. The summed E-state index contributed by atoms with van der Waals surface area (Å²) < 4.78 is 40.5. The number of hydrogen-bond acceptors (Lipinski definition) is 3. The van der Waals surface area contributed by atoms with Crippen molar-refractivity contribution in [2.24, 2.45) is 0 Å². The third-order valence-corrected chi connectivity index (χ3v) is 4.50. The Labute approximate surface area is 160 Å². The molecule has 0 aliphatic carbocycles. The molecular formula is C21H21F3N2O2. The molecule has 0 bridgehead atoms. The van der Waals surface area contributed by atoms with Crippen LogP contribution in [0.4, 0.5) is 13.2 Å². The van der Waals surface area contributed by atoms with Gasteiger partial charge in [-0.2, -0.15) is 13.2 Å². The molecule has 0 atom stereocenters. The fraction of sp³-hybridized carbons (Fsp3) is 0.333. The number of hydrogen-bond donors (Lipinski definition) is 1. The van der Waals surface area contributed by atoms with Crippen LogP contribution in [0.5, 0.6) is 0 Å². The minimum Gasteiger partial charge on any atom is -0.395 e. The number of alkyl halides is 3. The number of rotatable bonds is 3. The molecule has 0 amide bonds. The Hall–Kier alpha value is -2.67. The van der Waals surface area contributed by atoms with E-state index in [0.29, 0.717) is 27.9 Å². The fourth-order valence-electron chi connectivity index (χ4n) is 3.10. The summed E-state index contributed by atoms with van der Waals surface area (Å²) in [6.07, 6.45) is -4.44. The number of benzene rings is 2. The zero-order chi connectivity index (χ0) is 20.7. The molecule has 0 radical (unpaired) electrons. The van der Waals surface area contributed by atoms with Crippen LogP contribution >= 0.6 is 0 Å². The lowest BCUT2D eigenvalue weighted by Crippen LogP contribution is -2.33. The van der Waals surface area contributed by atoms with Crippen molar-refractivity contribution in [2.75, 3.05) is 6.61 Å². The van der Waals surface area contributed by atoms with Gasteiger partial charge in [0.2, 0.25) is 0 Å². The van der Waals surface area contributed by atoms with E-state index < -0.39 is 17.2 Å². The summed E-state index contributed by atoms with van der Waals surface area (Å²) >= 11 is 0. The molecule has 3 rings (SSSR count). The molecular weight excluding hydrogens is 369 g/mol. The van der Waals surface area contributed by atoms with E-state index in [1.165, 1.54) is 10.6 Å². The maximum Gasteiger partial charge on any atom is 0.416 e. The maximum atomic E-state index is 13.0. The van der Waals surface area contributed by atoms with Gasteiger partial charge in [-0.1, -0.05) is 39.0 Å². The summed E-state index contributed by atoms with van der Waals surface area (Å²) in [7, 11) is 0. The van der Waals surface area contributed by atoms with Crippen LogP contribution < -0.4 is 5.56 Å². The van der Waals surface area contributed by atoms with Crippen molar-refractivity contribution in [1.29, 1.82) is 0 Å². The Kier molecular flexibility index (Phi) is 5.06. The van der Waals surface area contributed by atoms with Gasteiger partial charge in [0.05, 0.1) is 23.2 Å². The average Bonchev–Trinajstić information content (AvgIpc) is 2.62. The summed E-state index contributed by atoms with van der Waals surface area (Å²) in [6.45, 7) is 5.47. The van der Waals surface area contributed by atoms with E-state index >= 15 is 0 Å². The minimum absolute atomic E-state index is 0.0764. The highest BCUT2D eigenvalue weighted by Crippen LogP contribution is 2.33. The monoisotopic (exact) mass is 390 g/mol. The van der Waals surface area contributed by atoms with Gasteiger partial charge in [-0.25, -0.2) is 4.98 Å². The molecule has 1 heterocycles. The van der Waals surface area contributed by atoms with Crippen molar-refractivity contribution in [3.8, 4) is 11.1 Å². The Bertz CT molecular complexity index is 1080. The van der Waals surface area contributed by atoms with E-state index in [1.54, 1.807) is 24.3 Å². The third kappa shape index (κ3) is 3.80. The number of aromatic nitrogens is 2. The van der Waals surface area contributed by atoms with Crippen LogP contribution in [0.3, 0.4) is 0 Å². The number of aliphatic hydroxyl groups is 1. The molecule has 0 saturated carbocycles. The first-order valence-electron chi connectivity index (χ1n) is 8.86. The SMILES string of the molecule is CC(C)(C)c1nc2ccc(-c3cccc(C(F)(F)F)c3)cc2n(CCO)c1=O. The quantitative estimate of drug-likeness (QED) is 0.722. The molecule has 1 N–H and O–H groups in total. The molecule has 1 aromatic heterocycles. The van der Waals surface area contributed by atoms with E-state index in [4.69, 9.17) is 0 Å². The van der Waals surface area contributed by atoms with Gasteiger partial charge in [0.1, 0.15) is 5.69 Å². The Balaban J connectivity index is 2.24. The van der Waals surface area contributed by atoms with E-state index in [2.05, 4.69) is 4.98 Å². The standard InChI is InChI=1S/C21H21F3N2O2/c1-20(2,3)18-19(28)26(9-10-27)17-12-14(7-8-16(17)25-18)13-5-4-6-15(11-13)21(22,23)24/h4-8,11-12,27H,9-10H2,1-3H3. The average molecular weight is 390 g/mol. The second kappa shape index (κ2) is 7.05. The van der Waals surface area contributed by atoms with Gasteiger partial charge in [-0.05, 0) is 35.4 Å². The van der Waals surface area contributed by atoms with Crippen molar-refractivity contribution in [3.05, 3.63) is 64.1 Å². The number of fused-ring (bicyclic) bond motifs is 1.